The largest absolute Gasteiger partial charge is 0.100 e. The molecule has 0 saturated carbocycles. The smallest absolute Gasteiger partial charge is 0.0302 e. The Bertz CT molecular complexity index is 380. The van der Waals surface area contributed by atoms with Gasteiger partial charge in [0, 0.05) is 0 Å². The molecule has 0 aromatic heterocycles. The summed E-state index contributed by atoms with van der Waals surface area (Å²) in [5.74, 6) is 0. The highest BCUT2D eigenvalue weighted by molar-refractivity contribution is 5.44. The number of rotatable bonds is 2. The van der Waals surface area contributed by atoms with Gasteiger partial charge in [0.2, 0.25) is 0 Å². The zero-order chi connectivity index (χ0) is 13.6. The molecule has 0 heteroatoms. The zero-order valence-corrected chi connectivity index (χ0v) is 12.7. The minimum atomic E-state index is 1.15. The van der Waals surface area contributed by atoms with Crippen molar-refractivity contribution in [3.63, 3.8) is 0 Å². The molecule has 0 saturated heterocycles. The number of benzene rings is 1. The molecule has 0 nitrogen and oxygen atoms in total. The standard InChI is InChI=1S/C13H20.C4H8/c1-6-12-8-9(3)10(4)13(7-2)11(12)5;1-4(2)3/h8H,6-7H2,1-5H3;1H2,2-3H3. The summed E-state index contributed by atoms with van der Waals surface area (Å²) in [7, 11) is 0. The highest BCUT2D eigenvalue weighted by atomic mass is 14.1. The third-order valence-corrected chi connectivity index (χ3v) is 3.10. The van der Waals surface area contributed by atoms with Crippen LogP contribution < -0.4 is 0 Å². The molecule has 1 aromatic carbocycles. The van der Waals surface area contributed by atoms with Gasteiger partial charge < -0.3 is 0 Å². The van der Waals surface area contributed by atoms with E-state index in [0.717, 1.165) is 12.8 Å². The third-order valence-electron chi connectivity index (χ3n) is 3.10. The van der Waals surface area contributed by atoms with Crippen molar-refractivity contribution in [2.45, 2.75) is 61.3 Å². The van der Waals surface area contributed by atoms with Crippen molar-refractivity contribution in [1.82, 2.24) is 0 Å². The van der Waals surface area contributed by atoms with Crippen molar-refractivity contribution in [3.05, 3.63) is 46.0 Å². The van der Waals surface area contributed by atoms with Gasteiger partial charge >= 0.3 is 0 Å². The van der Waals surface area contributed by atoms with E-state index in [4.69, 9.17) is 0 Å². The average molecular weight is 232 g/mol. The van der Waals surface area contributed by atoms with Crippen LogP contribution in [-0.4, -0.2) is 0 Å². The normalized spacial score (nSPS) is 9.59. The van der Waals surface area contributed by atoms with Gasteiger partial charge in [-0.05, 0) is 75.3 Å². The molecule has 0 heterocycles. The lowest BCUT2D eigenvalue weighted by Crippen LogP contribution is -1.99. The van der Waals surface area contributed by atoms with Gasteiger partial charge in [-0.3, -0.25) is 0 Å². The molecule has 17 heavy (non-hydrogen) atoms. The van der Waals surface area contributed by atoms with Crippen LogP contribution in [0.1, 0.15) is 55.5 Å². The monoisotopic (exact) mass is 232 g/mol. The van der Waals surface area contributed by atoms with Gasteiger partial charge in [0.05, 0.1) is 0 Å². The number of hydrogen-bond donors (Lipinski definition) is 0. The summed E-state index contributed by atoms with van der Waals surface area (Å²) in [4.78, 5) is 0. The highest BCUT2D eigenvalue weighted by Gasteiger charge is 2.07. The topological polar surface area (TPSA) is 0 Å². The summed E-state index contributed by atoms with van der Waals surface area (Å²) in [6.45, 7) is 18.7. The molecule has 0 fully saturated rings. The van der Waals surface area contributed by atoms with E-state index in [0.29, 0.717) is 0 Å². The Kier molecular flexibility index (Phi) is 6.87. The van der Waals surface area contributed by atoms with Crippen molar-refractivity contribution in [3.8, 4) is 0 Å². The molecule has 1 rings (SSSR count). The van der Waals surface area contributed by atoms with E-state index < -0.39 is 0 Å². The quantitative estimate of drug-likeness (QED) is 0.605. The first kappa shape index (κ1) is 16.0. The van der Waals surface area contributed by atoms with Crippen LogP contribution in [0.4, 0.5) is 0 Å². The second-order valence-corrected chi connectivity index (χ2v) is 5.00. The highest BCUT2D eigenvalue weighted by Crippen LogP contribution is 2.22. The van der Waals surface area contributed by atoms with Crippen molar-refractivity contribution in [2.75, 3.05) is 0 Å². The fourth-order valence-electron chi connectivity index (χ4n) is 2.09. The van der Waals surface area contributed by atoms with Gasteiger partial charge in [-0.15, -0.1) is 6.58 Å². The fourth-order valence-corrected chi connectivity index (χ4v) is 2.09. The number of aryl methyl sites for hydroxylation is 2. The lowest BCUT2D eigenvalue weighted by Gasteiger charge is -2.14. The Morgan fingerprint density at radius 1 is 1.00 bits per heavy atom. The zero-order valence-electron chi connectivity index (χ0n) is 12.7. The van der Waals surface area contributed by atoms with E-state index in [1.807, 2.05) is 13.8 Å². The van der Waals surface area contributed by atoms with Crippen LogP contribution in [0.15, 0.2) is 18.2 Å². The third kappa shape index (κ3) is 4.77. The molecule has 0 radical (unpaired) electrons. The molecule has 96 valence electrons. The number of allylic oxidation sites excluding steroid dienone is 1. The van der Waals surface area contributed by atoms with Crippen LogP contribution in [0.2, 0.25) is 0 Å². The molecular weight excluding hydrogens is 204 g/mol. The lowest BCUT2D eigenvalue weighted by molar-refractivity contribution is 1.01. The average Bonchev–Trinajstić information content (AvgIpc) is 2.23. The van der Waals surface area contributed by atoms with Crippen molar-refractivity contribution < 1.29 is 0 Å². The lowest BCUT2D eigenvalue weighted by atomic mass is 9.91. The van der Waals surface area contributed by atoms with E-state index in [1.165, 1.54) is 27.8 Å². The van der Waals surface area contributed by atoms with Gasteiger partial charge in [-0.25, -0.2) is 0 Å². The molecule has 0 spiro atoms. The first-order valence-electron chi connectivity index (χ1n) is 6.55. The molecule has 0 unspecified atom stereocenters. The minimum Gasteiger partial charge on any atom is -0.100 e. The minimum absolute atomic E-state index is 1.15. The Morgan fingerprint density at radius 2 is 1.47 bits per heavy atom. The van der Waals surface area contributed by atoms with E-state index in [1.54, 1.807) is 5.56 Å². The van der Waals surface area contributed by atoms with Crippen LogP contribution in [0.3, 0.4) is 0 Å². The van der Waals surface area contributed by atoms with Crippen LogP contribution in [0.5, 0.6) is 0 Å². The molecule has 0 aliphatic heterocycles. The first-order chi connectivity index (χ1) is 7.84. The summed E-state index contributed by atoms with van der Waals surface area (Å²) in [6, 6.07) is 2.34. The van der Waals surface area contributed by atoms with Crippen LogP contribution in [0.25, 0.3) is 0 Å². The summed E-state index contributed by atoms with van der Waals surface area (Å²) in [5.41, 5.74) is 8.67. The summed E-state index contributed by atoms with van der Waals surface area (Å²) < 4.78 is 0. The molecular formula is C17H28. The maximum Gasteiger partial charge on any atom is -0.0302 e. The summed E-state index contributed by atoms with van der Waals surface area (Å²) in [6.07, 6.45) is 2.31. The van der Waals surface area contributed by atoms with Crippen LogP contribution in [0, 0.1) is 20.8 Å². The van der Waals surface area contributed by atoms with E-state index in [2.05, 4.69) is 47.3 Å². The predicted octanol–water partition coefficient (Wildman–Crippen LogP) is 5.32. The second kappa shape index (κ2) is 7.32. The second-order valence-electron chi connectivity index (χ2n) is 5.00. The molecule has 1 aromatic rings. The number of hydrogen-bond acceptors (Lipinski definition) is 0. The van der Waals surface area contributed by atoms with Crippen molar-refractivity contribution in [2.24, 2.45) is 0 Å². The van der Waals surface area contributed by atoms with Gasteiger partial charge in [0.15, 0.2) is 0 Å². The van der Waals surface area contributed by atoms with E-state index in [-0.39, 0.29) is 0 Å². The Morgan fingerprint density at radius 3 is 1.82 bits per heavy atom. The fraction of sp³-hybridized carbons (Fsp3) is 0.529. The van der Waals surface area contributed by atoms with Crippen molar-refractivity contribution in [1.29, 1.82) is 0 Å². The van der Waals surface area contributed by atoms with Gasteiger partial charge in [0.1, 0.15) is 0 Å². The van der Waals surface area contributed by atoms with Crippen molar-refractivity contribution >= 4 is 0 Å². The van der Waals surface area contributed by atoms with Crippen LogP contribution >= 0.6 is 0 Å². The molecule has 0 bridgehead atoms. The van der Waals surface area contributed by atoms with Gasteiger partial charge in [-0.1, -0.05) is 25.5 Å². The first-order valence-corrected chi connectivity index (χ1v) is 6.55. The molecule has 0 atom stereocenters. The molecule has 0 N–H and O–H groups in total. The van der Waals surface area contributed by atoms with E-state index in [9.17, 15) is 0 Å². The van der Waals surface area contributed by atoms with Crippen LogP contribution in [-0.2, 0) is 12.8 Å². The maximum absolute atomic E-state index is 3.56. The van der Waals surface area contributed by atoms with E-state index >= 15 is 0 Å². The predicted molar refractivity (Wildman–Crippen MR) is 79.9 cm³/mol. The molecule has 0 aliphatic rings. The molecule has 0 amide bonds. The Labute approximate surface area is 108 Å². The SMILES string of the molecule is C=C(C)C.CCc1cc(C)c(C)c(CC)c1C. The summed E-state index contributed by atoms with van der Waals surface area (Å²) >= 11 is 0. The Balaban J connectivity index is 0.000000557. The Hall–Kier alpha value is -1.04. The maximum atomic E-state index is 3.56. The van der Waals surface area contributed by atoms with Gasteiger partial charge in [-0.2, -0.15) is 0 Å². The van der Waals surface area contributed by atoms with Gasteiger partial charge in [0.25, 0.3) is 0 Å². The summed E-state index contributed by atoms with van der Waals surface area (Å²) in [5, 5.41) is 0. The molecule has 0 aliphatic carbocycles.